The second-order valence-electron chi connectivity index (χ2n) is 7.93. The molecule has 1 saturated carbocycles. The van der Waals surface area contributed by atoms with Gasteiger partial charge in [-0.25, -0.2) is 0 Å². The summed E-state index contributed by atoms with van der Waals surface area (Å²) >= 11 is 0. The van der Waals surface area contributed by atoms with E-state index < -0.39 is 11.6 Å². The van der Waals surface area contributed by atoms with Crippen LogP contribution in [-0.4, -0.2) is 34.4 Å². The first-order chi connectivity index (χ1) is 12.6. The maximum Gasteiger partial charge on any atom is 0.0921 e. The van der Waals surface area contributed by atoms with Gasteiger partial charge < -0.3 is 21.1 Å². The van der Waals surface area contributed by atoms with Crippen LogP contribution in [0.1, 0.15) is 61.8 Å². The summed E-state index contributed by atoms with van der Waals surface area (Å²) in [5.41, 5.74) is 11.1. The van der Waals surface area contributed by atoms with E-state index in [1.54, 1.807) is 0 Å². The summed E-state index contributed by atoms with van der Waals surface area (Å²) in [4.78, 5) is 13.1. The number of benzene rings is 1. The number of aliphatic hydroxyl groups is 1. The second-order valence-corrected chi connectivity index (χ2v) is 7.93. The molecule has 0 spiro atoms. The van der Waals surface area contributed by atoms with E-state index in [4.69, 9.17) is 5.73 Å². The van der Waals surface area contributed by atoms with Crippen LogP contribution < -0.4 is 11.1 Å². The van der Waals surface area contributed by atoms with Crippen LogP contribution in [0.2, 0.25) is 0 Å². The predicted octanol–water partition coefficient (Wildman–Crippen LogP) is 2.62. The molecule has 2 atom stereocenters. The number of nitroso groups, excluding NO2 is 1. The van der Waals surface area contributed by atoms with Gasteiger partial charge in [-0.3, -0.25) is 0 Å². The first kappa shape index (κ1) is 17.5. The van der Waals surface area contributed by atoms with Crippen molar-refractivity contribution in [2.75, 3.05) is 6.67 Å². The Morgan fingerprint density at radius 2 is 2.19 bits per heavy atom. The van der Waals surface area contributed by atoms with Crippen molar-refractivity contribution in [3.05, 3.63) is 46.0 Å². The minimum atomic E-state index is -0.623. The first-order valence-corrected chi connectivity index (χ1v) is 9.69. The zero-order chi connectivity index (χ0) is 18.3. The smallest absolute Gasteiger partial charge is 0.0921 e. The molecular weight excluding hydrogens is 328 g/mol. The molecule has 1 aromatic carbocycles. The summed E-state index contributed by atoms with van der Waals surface area (Å²) in [6.07, 6.45) is 5.72. The molecule has 0 bridgehead atoms. The van der Waals surface area contributed by atoms with Gasteiger partial charge in [0.25, 0.3) is 0 Å². The summed E-state index contributed by atoms with van der Waals surface area (Å²) in [6.45, 7) is 2.94. The van der Waals surface area contributed by atoms with Crippen molar-refractivity contribution in [1.82, 2.24) is 10.2 Å². The Kier molecular flexibility index (Phi) is 4.49. The zero-order valence-electron chi connectivity index (χ0n) is 15.3. The molecule has 2 heterocycles. The van der Waals surface area contributed by atoms with Gasteiger partial charge in [0.1, 0.15) is 0 Å². The minimum absolute atomic E-state index is 0.139. The van der Waals surface area contributed by atoms with Gasteiger partial charge in [0.05, 0.1) is 30.6 Å². The van der Waals surface area contributed by atoms with E-state index in [0.29, 0.717) is 32.1 Å². The Balaban J connectivity index is 1.59. The van der Waals surface area contributed by atoms with E-state index in [1.807, 2.05) is 0 Å². The van der Waals surface area contributed by atoms with E-state index in [-0.39, 0.29) is 12.1 Å². The highest BCUT2D eigenvalue weighted by Crippen LogP contribution is 2.47. The fraction of sp³-hybridized carbons (Fsp3) is 0.600. The number of aryl methyl sites for hydroxylation is 1. The molecule has 26 heavy (non-hydrogen) atoms. The van der Waals surface area contributed by atoms with Crippen molar-refractivity contribution in [3.8, 4) is 0 Å². The molecule has 0 amide bonds. The number of aliphatic hydroxyl groups excluding tert-OH is 1. The third kappa shape index (κ3) is 2.72. The summed E-state index contributed by atoms with van der Waals surface area (Å²) in [6, 6.07) is 6.47. The maximum absolute atomic E-state index is 11.1. The molecule has 2 unspecified atom stereocenters. The number of nitrogens with two attached hydrogens (primary N) is 1. The number of rotatable bonds is 5. The molecule has 4 rings (SSSR count). The van der Waals surface area contributed by atoms with Gasteiger partial charge in [-0.05, 0) is 49.7 Å². The Hall–Kier alpha value is -1.92. The normalized spacial score (nSPS) is 31.0. The second kappa shape index (κ2) is 6.67. The van der Waals surface area contributed by atoms with Gasteiger partial charge in [0.2, 0.25) is 0 Å². The number of hydrogen-bond donors (Lipinski definition) is 3. The zero-order valence-corrected chi connectivity index (χ0v) is 15.3. The van der Waals surface area contributed by atoms with Crippen LogP contribution in [0.5, 0.6) is 0 Å². The van der Waals surface area contributed by atoms with Crippen molar-refractivity contribution in [2.24, 2.45) is 10.9 Å². The lowest BCUT2D eigenvalue weighted by Gasteiger charge is -2.41. The molecule has 1 aliphatic carbocycles. The topological polar surface area (TPSA) is 91.0 Å². The van der Waals surface area contributed by atoms with E-state index in [9.17, 15) is 10.0 Å². The van der Waals surface area contributed by atoms with Crippen LogP contribution in [-0.2, 0) is 6.42 Å². The van der Waals surface area contributed by atoms with Gasteiger partial charge >= 0.3 is 0 Å². The highest BCUT2D eigenvalue weighted by Gasteiger charge is 2.43. The van der Waals surface area contributed by atoms with Gasteiger partial charge in [-0.2, -0.15) is 4.91 Å². The van der Waals surface area contributed by atoms with E-state index in [0.717, 1.165) is 13.1 Å². The van der Waals surface area contributed by atoms with E-state index >= 15 is 0 Å². The molecule has 3 aliphatic rings. The van der Waals surface area contributed by atoms with Crippen molar-refractivity contribution < 1.29 is 5.11 Å². The van der Waals surface area contributed by atoms with Crippen LogP contribution >= 0.6 is 0 Å². The molecule has 0 radical (unpaired) electrons. The van der Waals surface area contributed by atoms with Gasteiger partial charge in [0, 0.05) is 17.3 Å². The van der Waals surface area contributed by atoms with Gasteiger partial charge in [-0.1, -0.05) is 30.3 Å². The molecule has 6 nitrogen and oxygen atoms in total. The number of nitrogens with one attached hydrogen (secondary N) is 1. The van der Waals surface area contributed by atoms with Gasteiger partial charge in [-0.15, -0.1) is 0 Å². The third-order valence-electron chi connectivity index (χ3n) is 6.52. The summed E-state index contributed by atoms with van der Waals surface area (Å²) in [7, 11) is 0. The molecule has 4 N–H and O–H groups in total. The molecular formula is C20H28N4O2. The van der Waals surface area contributed by atoms with E-state index in [2.05, 4.69) is 46.7 Å². The van der Waals surface area contributed by atoms with Gasteiger partial charge in [0.15, 0.2) is 0 Å². The lowest BCUT2D eigenvalue weighted by molar-refractivity contribution is 0.0329. The van der Waals surface area contributed by atoms with Crippen LogP contribution in [0.4, 0.5) is 0 Å². The van der Waals surface area contributed by atoms with E-state index in [1.165, 1.54) is 22.4 Å². The number of nitrogens with zero attached hydrogens (tertiary/aromatic N) is 2. The lowest BCUT2D eigenvalue weighted by Crippen LogP contribution is -2.54. The average Bonchev–Trinajstić information content (AvgIpc) is 3.25. The Morgan fingerprint density at radius 1 is 1.42 bits per heavy atom. The summed E-state index contributed by atoms with van der Waals surface area (Å²) in [5.74, 6) is 0. The van der Waals surface area contributed by atoms with Crippen LogP contribution in [0, 0.1) is 4.91 Å². The Labute approximate surface area is 154 Å². The molecule has 1 fully saturated rings. The van der Waals surface area contributed by atoms with Crippen LogP contribution in [0.15, 0.2) is 29.6 Å². The highest BCUT2D eigenvalue weighted by molar-refractivity contribution is 5.74. The van der Waals surface area contributed by atoms with Crippen molar-refractivity contribution in [1.29, 1.82) is 0 Å². The molecule has 2 aliphatic heterocycles. The summed E-state index contributed by atoms with van der Waals surface area (Å²) in [5, 5.41) is 17.5. The average molecular weight is 356 g/mol. The summed E-state index contributed by atoms with van der Waals surface area (Å²) < 4.78 is 0. The molecule has 0 saturated heterocycles. The molecule has 140 valence electrons. The first-order valence-electron chi connectivity index (χ1n) is 9.69. The quantitative estimate of drug-likeness (QED) is 0.706. The maximum atomic E-state index is 11.1. The Bertz CT molecular complexity index is 725. The monoisotopic (exact) mass is 356 g/mol. The predicted molar refractivity (Wildman–Crippen MR) is 102 cm³/mol. The molecule has 1 aromatic rings. The fourth-order valence-electron chi connectivity index (χ4n) is 4.88. The SMILES string of the molecule is CCc1cccc2c1C(CC(O)C1(N)CCC(N=O)CC1)N1CNC=C21. The van der Waals surface area contributed by atoms with Crippen molar-refractivity contribution >= 4 is 5.70 Å². The molecule has 0 aromatic heterocycles. The fourth-order valence-corrected chi connectivity index (χ4v) is 4.88. The number of fused-ring (bicyclic) bond motifs is 3. The largest absolute Gasteiger partial charge is 0.391 e. The van der Waals surface area contributed by atoms with Crippen LogP contribution in [0.3, 0.4) is 0 Å². The van der Waals surface area contributed by atoms with Crippen molar-refractivity contribution in [2.45, 2.75) is 69.2 Å². The highest BCUT2D eigenvalue weighted by atomic mass is 16.3. The number of hydrogen-bond acceptors (Lipinski definition) is 6. The standard InChI is InChI=1S/C20H28N4O2/c1-2-13-4-3-5-15-17-11-22-12-24(17)16(19(13)15)10-18(25)20(21)8-6-14(23-26)7-9-20/h3-5,11,14,16,18,22,25H,2,6-10,12,21H2,1H3. The Morgan fingerprint density at radius 3 is 2.88 bits per heavy atom. The third-order valence-corrected chi connectivity index (χ3v) is 6.52. The molecule has 6 heteroatoms. The van der Waals surface area contributed by atoms with Crippen LogP contribution in [0.25, 0.3) is 5.70 Å². The minimum Gasteiger partial charge on any atom is -0.391 e. The lowest BCUT2D eigenvalue weighted by atomic mass is 9.74. The van der Waals surface area contributed by atoms with Crippen molar-refractivity contribution in [3.63, 3.8) is 0 Å².